The molecule has 7 heteroatoms. The fourth-order valence-electron chi connectivity index (χ4n) is 9.12. The molecule has 0 saturated carbocycles. The maximum Gasteiger partial charge on any atom is 0.115 e. The third-order valence-corrected chi connectivity index (χ3v) is 13.3. The zero-order valence-corrected chi connectivity index (χ0v) is 40.6. The van der Waals surface area contributed by atoms with E-state index in [1.807, 2.05) is 12.1 Å². The maximum absolute atomic E-state index is 7.82. The summed E-state index contributed by atoms with van der Waals surface area (Å²) in [6, 6.07) is 64.7. The first-order valence-corrected chi connectivity index (χ1v) is 23.6. The van der Waals surface area contributed by atoms with Gasteiger partial charge < -0.3 is 14.4 Å². The van der Waals surface area contributed by atoms with Gasteiger partial charge in [-0.2, -0.15) is 4.80 Å². The van der Waals surface area contributed by atoms with Gasteiger partial charge in [0.05, 0.1) is 33.1 Å². The van der Waals surface area contributed by atoms with Gasteiger partial charge in [-0.15, -0.1) is 10.2 Å². The van der Waals surface area contributed by atoms with Gasteiger partial charge in [0.1, 0.15) is 11.0 Å². The molecule has 8 aromatic carbocycles. The second-order valence-corrected chi connectivity index (χ2v) is 21.1. The van der Waals surface area contributed by atoms with Crippen LogP contribution in [0, 0.1) is 0 Å². The molecule has 6 nitrogen and oxygen atoms in total. The van der Waals surface area contributed by atoms with E-state index in [0.29, 0.717) is 5.02 Å². The van der Waals surface area contributed by atoms with Crippen LogP contribution >= 0.6 is 11.6 Å². The molecule has 10 rings (SSSR count). The van der Waals surface area contributed by atoms with Gasteiger partial charge in [0, 0.05) is 39.2 Å². The highest BCUT2D eigenvalue weighted by molar-refractivity contribution is 6.36. The third kappa shape index (κ3) is 8.25. The van der Waals surface area contributed by atoms with Crippen molar-refractivity contribution in [3.63, 3.8) is 0 Å². The first-order valence-electron chi connectivity index (χ1n) is 23.2. The van der Waals surface area contributed by atoms with Crippen LogP contribution in [0.3, 0.4) is 0 Å². The quantitative estimate of drug-likeness (QED) is 0.152. The van der Waals surface area contributed by atoms with E-state index in [1.54, 1.807) is 4.80 Å². The normalized spacial score (nSPS) is 12.3. The van der Waals surface area contributed by atoms with E-state index >= 15 is 0 Å². The number of fused-ring (bicyclic) bond motifs is 4. The monoisotopic (exact) mass is 896 g/mol. The highest BCUT2D eigenvalue weighted by atomic mass is 35.5. The minimum absolute atomic E-state index is 0.0104. The summed E-state index contributed by atoms with van der Waals surface area (Å²) in [5.41, 5.74) is 15.4. The molecule has 0 aliphatic carbocycles. The zero-order chi connectivity index (χ0) is 46.8. The molecule has 10 aromatic rings. The Balaban J connectivity index is 1.11. The Morgan fingerprint density at radius 1 is 0.388 bits per heavy atom. The van der Waals surface area contributed by atoms with Crippen molar-refractivity contribution in [1.82, 2.24) is 19.6 Å². The lowest BCUT2D eigenvalue weighted by Crippen LogP contribution is -2.14. The number of aromatic nitrogens is 4. The molecule has 0 radical (unpaired) electrons. The molecule has 0 aliphatic heterocycles. The summed E-state index contributed by atoms with van der Waals surface area (Å²) in [6.07, 6.45) is 0. The first kappa shape index (κ1) is 43.7. The number of halogens is 1. The summed E-state index contributed by atoms with van der Waals surface area (Å²) in [4.78, 5) is 6.19. The summed E-state index contributed by atoms with van der Waals surface area (Å²) < 4.78 is 2.42. The van der Waals surface area contributed by atoms with Crippen molar-refractivity contribution in [3.05, 3.63) is 204 Å². The molecule has 2 aromatic heterocycles. The van der Waals surface area contributed by atoms with Crippen molar-refractivity contribution in [2.75, 3.05) is 9.80 Å². The molecule has 0 bridgehead atoms. The molecule has 0 atom stereocenters. The van der Waals surface area contributed by atoms with Crippen LogP contribution in [0.1, 0.15) is 79.0 Å². The lowest BCUT2D eigenvalue weighted by Gasteiger charge is -2.31. The Kier molecular flexibility index (Phi) is 10.8. The third-order valence-electron chi connectivity index (χ3n) is 12.9. The minimum atomic E-state index is 0.0104. The van der Waals surface area contributed by atoms with Crippen molar-refractivity contribution in [2.45, 2.75) is 78.6 Å². The van der Waals surface area contributed by atoms with Crippen LogP contribution in [0.25, 0.3) is 44.2 Å². The SMILES string of the molecule is CC(C)(C)c1ccc(-n2nc3ccc(N(c4ccccc4)c4cccc(N(c5ccccc5)c5cccc(-n6c7ccc(C(C)(C)C)cc7c7cc(C(C)(C)C)ccc76)c5)c4Cl)cc3n2)cc1. The number of hydrogen-bond acceptors (Lipinski definition) is 4. The Bertz CT molecular complexity index is 3350. The fraction of sp³-hybridized carbons (Fsp3) is 0.200. The minimum Gasteiger partial charge on any atom is -0.309 e. The van der Waals surface area contributed by atoms with Crippen molar-refractivity contribution >= 4 is 78.6 Å². The van der Waals surface area contributed by atoms with Gasteiger partial charge in [-0.3, -0.25) is 0 Å². The van der Waals surface area contributed by atoms with Gasteiger partial charge in [0.25, 0.3) is 0 Å². The molecular formula is C60H57ClN6. The van der Waals surface area contributed by atoms with E-state index in [4.69, 9.17) is 21.8 Å². The zero-order valence-electron chi connectivity index (χ0n) is 39.9. The second-order valence-electron chi connectivity index (χ2n) is 20.7. The van der Waals surface area contributed by atoms with E-state index in [1.165, 1.54) is 38.5 Å². The smallest absolute Gasteiger partial charge is 0.115 e. The van der Waals surface area contributed by atoms with Crippen molar-refractivity contribution < 1.29 is 0 Å². The van der Waals surface area contributed by atoms with Crippen LogP contribution in [0.5, 0.6) is 0 Å². The largest absolute Gasteiger partial charge is 0.309 e. The standard InChI is InChI=1S/C60H57ClN6/c1-58(2,3)40-26-30-45(31-27-40)67-62-51-33-32-48(39-52(51)63-67)65(44-20-14-11-15-21-44)56-25-17-24-55(57(56)61)64(43-18-12-10-13-19-43)46-22-16-23-47(38-46)66-53-34-28-41(59(4,5)6)36-49(53)50-37-42(60(7,8)9)29-35-54(50)66/h10-39H,1-9H3. The number of nitrogens with zero attached hydrogens (tertiary/aromatic N) is 6. The predicted molar refractivity (Wildman–Crippen MR) is 284 cm³/mol. The number of anilines is 6. The van der Waals surface area contributed by atoms with Gasteiger partial charge in [-0.05, 0) is 142 Å². The van der Waals surface area contributed by atoms with Crippen LogP contribution in [-0.4, -0.2) is 19.6 Å². The van der Waals surface area contributed by atoms with Gasteiger partial charge in [0.15, 0.2) is 0 Å². The molecule has 0 fully saturated rings. The van der Waals surface area contributed by atoms with Crippen LogP contribution < -0.4 is 9.80 Å². The summed E-state index contributed by atoms with van der Waals surface area (Å²) in [5, 5.41) is 13.0. The Hall–Kier alpha value is -7.15. The topological polar surface area (TPSA) is 42.1 Å². The molecular weight excluding hydrogens is 840 g/mol. The lowest BCUT2D eigenvalue weighted by molar-refractivity contribution is 0.589. The lowest BCUT2D eigenvalue weighted by atomic mass is 9.85. The fourth-order valence-corrected chi connectivity index (χ4v) is 9.41. The van der Waals surface area contributed by atoms with Crippen LogP contribution in [-0.2, 0) is 16.2 Å². The van der Waals surface area contributed by atoms with Gasteiger partial charge in [0.2, 0.25) is 0 Å². The second kappa shape index (κ2) is 16.6. The molecule has 2 heterocycles. The number of hydrogen-bond donors (Lipinski definition) is 0. The van der Waals surface area contributed by atoms with Crippen molar-refractivity contribution in [3.8, 4) is 11.4 Å². The average molecular weight is 898 g/mol. The van der Waals surface area contributed by atoms with Gasteiger partial charge >= 0.3 is 0 Å². The molecule has 334 valence electrons. The molecule has 67 heavy (non-hydrogen) atoms. The van der Waals surface area contributed by atoms with Crippen LogP contribution in [0.15, 0.2) is 182 Å². The van der Waals surface area contributed by atoms with E-state index in [0.717, 1.165) is 56.5 Å². The summed E-state index contributed by atoms with van der Waals surface area (Å²) in [5.74, 6) is 0. The van der Waals surface area contributed by atoms with Gasteiger partial charge in [-0.25, -0.2) is 0 Å². The highest BCUT2D eigenvalue weighted by Crippen LogP contribution is 2.47. The molecule has 0 amide bonds. The molecule has 0 N–H and O–H groups in total. The number of para-hydroxylation sites is 2. The van der Waals surface area contributed by atoms with Crippen LogP contribution in [0.2, 0.25) is 5.02 Å². The first-order chi connectivity index (χ1) is 32.0. The Morgan fingerprint density at radius 2 is 0.851 bits per heavy atom. The predicted octanol–water partition coefficient (Wildman–Crippen LogP) is 17.0. The summed E-state index contributed by atoms with van der Waals surface area (Å²) in [7, 11) is 0. The van der Waals surface area contributed by atoms with E-state index in [2.05, 4.69) is 247 Å². The van der Waals surface area contributed by atoms with E-state index < -0.39 is 0 Å². The molecule has 0 unspecified atom stereocenters. The average Bonchev–Trinajstić information content (AvgIpc) is 3.89. The number of benzene rings is 8. The van der Waals surface area contributed by atoms with E-state index in [9.17, 15) is 0 Å². The van der Waals surface area contributed by atoms with Gasteiger partial charge in [-0.1, -0.05) is 147 Å². The maximum atomic E-state index is 7.82. The molecule has 0 aliphatic rings. The van der Waals surface area contributed by atoms with E-state index in [-0.39, 0.29) is 16.2 Å². The van der Waals surface area contributed by atoms with Crippen molar-refractivity contribution in [1.29, 1.82) is 0 Å². The molecule has 0 saturated heterocycles. The molecule has 0 spiro atoms. The Labute approximate surface area is 399 Å². The van der Waals surface area contributed by atoms with Crippen molar-refractivity contribution in [2.24, 2.45) is 0 Å². The Morgan fingerprint density at radius 3 is 1.37 bits per heavy atom. The summed E-state index contributed by atoms with van der Waals surface area (Å²) >= 11 is 7.82. The number of rotatable bonds is 8. The highest BCUT2D eigenvalue weighted by Gasteiger charge is 2.25. The van der Waals surface area contributed by atoms with Crippen LogP contribution in [0.4, 0.5) is 34.1 Å². The summed E-state index contributed by atoms with van der Waals surface area (Å²) in [6.45, 7) is 20.4.